The SMILES string of the molecule is Cc1ccc(C)c(Sc2cnc(Nc3nc(C(O)CO)cs3)c(Oc3cccnc3C)c2)c1. The topological polar surface area (TPSA) is 100 Å². The highest BCUT2D eigenvalue weighted by Gasteiger charge is 2.15. The number of hydrogen-bond donors (Lipinski definition) is 3. The number of anilines is 2. The van der Waals surface area contributed by atoms with Crippen molar-refractivity contribution in [3.8, 4) is 11.5 Å². The average Bonchev–Trinajstić information content (AvgIpc) is 3.27. The molecule has 0 spiro atoms. The summed E-state index contributed by atoms with van der Waals surface area (Å²) in [5.74, 6) is 1.65. The number of benzene rings is 1. The number of pyridine rings is 2. The minimum Gasteiger partial charge on any atom is -0.452 e. The van der Waals surface area contributed by atoms with E-state index in [1.165, 1.54) is 22.5 Å². The molecular weight excluding hydrogens is 456 g/mol. The highest BCUT2D eigenvalue weighted by molar-refractivity contribution is 7.99. The largest absolute Gasteiger partial charge is 0.452 e. The molecular formula is C24H24N4O3S2. The Morgan fingerprint density at radius 3 is 2.76 bits per heavy atom. The number of nitrogens with one attached hydrogen (secondary N) is 1. The third-order valence-electron chi connectivity index (χ3n) is 4.84. The van der Waals surface area contributed by atoms with Crippen LogP contribution < -0.4 is 10.1 Å². The van der Waals surface area contributed by atoms with Crippen LogP contribution in [0.3, 0.4) is 0 Å². The summed E-state index contributed by atoms with van der Waals surface area (Å²) in [6, 6.07) is 12.0. The van der Waals surface area contributed by atoms with E-state index in [9.17, 15) is 5.11 Å². The molecule has 7 nitrogen and oxygen atoms in total. The summed E-state index contributed by atoms with van der Waals surface area (Å²) >= 11 is 2.93. The second-order valence-corrected chi connectivity index (χ2v) is 9.45. The fraction of sp³-hybridized carbons (Fsp3) is 0.208. The number of thiazole rings is 1. The number of nitrogens with zero attached hydrogens (tertiary/aromatic N) is 3. The average molecular weight is 481 g/mol. The number of aryl methyl sites for hydroxylation is 3. The molecule has 3 N–H and O–H groups in total. The molecule has 0 saturated carbocycles. The second-order valence-electron chi connectivity index (χ2n) is 7.48. The zero-order valence-corrected chi connectivity index (χ0v) is 20.1. The van der Waals surface area contributed by atoms with E-state index in [4.69, 9.17) is 9.84 Å². The Balaban J connectivity index is 1.67. The first-order valence-corrected chi connectivity index (χ1v) is 12.0. The van der Waals surface area contributed by atoms with E-state index < -0.39 is 6.10 Å². The molecule has 170 valence electrons. The Bertz CT molecular complexity index is 1260. The molecule has 0 fully saturated rings. The van der Waals surface area contributed by atoms with Gasteiger partial charge in [-0.3, -0.25) is 4.98 Å². The van der Waals surface area contributed by atoms with Gasteiger partial charge in [0.25, 0.3) is 0 Å². The molecule has 1 aromatic carbocycles. The molecule has 0 aliphatic heterocycles. The Labute approximate surface area is 200 Å². The van der Waals surface area contributed by atoms with E-state index in [1.807, 2.05) is 25.1 Å². The van der Waals surface area contributed by atoms with Gasteiger partial charge in [-0.1, -0.05) is 23.9 Å². The molecule has 0 aliphatic rings. The van der Waals surface area contributed by atoms with Crippen molar-refractivity contribution in [3.63, 3.8) is 0 Å². The van der Waals surface area contributed by atoms with Crippen LogP contribution in [0.2, 0.25) is 0 Å². The van der Waals surface area contributed by atoms with Crippen LogP contribution in [0.1, 0.15) is 28.6 Å². The molecule has 4 rings (SSSR count). The molecule has 3 aromatic heterocycles. The van der Waals surface area contributed by atoms with E-state index in [-0.39, 0.29) is 6.61 Å². The van der Waals surface area contributed by atoms with Gasteiger partial charge in [-0.15, -0.1) is 11.3 Å². The molecule has 0 aliphatic carbocycles. The van der Waals surface area contributed by atoms with Gasteiger partial charge < -0.3 is 20.3 Å². The molecule has 3 heterocycles. The number of aliphatic hydroxyl groups is 2. The summed E-state index contributed by atoms with van der Waals surface area (Å²) in [5, 5.41) is 24.4. The van der Waals surface area contributed by atoms with Crippen molar-refractivity contribution >= 4 is 34.0 Å². The molecule has 0 bridgehead atoms. The van der Waals surface area contributed by atoms with Crippen LogP contribution in [-0.4, -0.2) is 31.8 Å². The summed E-state index contributed by atoms with van der Waals surface area (Å²) in [5.41, 5.74) is 3.55. The lowest BCUT2D eigenvalue weighted by Crippen LogP contribution is -2.03. The normalized spacial score (nSPS) is 11.9. The van der Waals surface area contributed by atoms with E-state index in [0.717, 1.165) is 15.5 Å². The van der Waals surface area contributed by atoms with Gasteiger partial charge in [-0.05, 0) is 50.1 Å². The second kappa shape index (κ2) is 10.3. The zero-order chi connectivity index (χ0) is 23.4. The van der Waals surface area contributed by atoms with E-state index in [1.54, 1.807) is 29.5 Å². The summed E-state index contributed by atoms with van der Waals surface area (Å²) in [7, 11) is 0. The van der Waals surface area contributed by atoms with Gasteiger partial charge in [0.2, 0.25) is 0 Å². The minimum atomic E-state index is -1.02. The van der Waals surface area contributed by atoms with Gasteiger partial charge in [0.1, 0.15) is 11.9 Å². The smallest absolute Gasteiger partial charge is 0.188 e. The molecule has 0 radical (unpaired) electrons. The molecule has 1 atom stereocenters. The van der Waals surface area contributed by atoms with Gasteiger partial charge in [-0.2, -0.15) is 0 Å². The number of ether oxygens (including phenoxy) is 1. The van der Waals surface area contributed by atoms with Crippen molar-refractivity contribution in [1.82, 2.24) is 15.0 Å². The Kier molecular flexibility index (Phi) is 7.24. The predicted molar refractivity (Wildman–Crippen MR) is 131 cm³/mol. The summed E-state index contributed by atoms with van der Waals surface area (Å²) in [6.07, 6.45) is 2.49. The lowest BCUT2D eigenvalue weighted by atomic mass is 10.2. The van der Waals surface area contributed by atoms with Crippen LogP contribution in [0.25, 0.3) is 0 Å². The van der Waals surface area contributed by atoms with Crippen LogP contribution in [-0.2, 0) is 0 Å². The summed E-state index contributed by atoms with van der Waals surface area (Å²) in [4.78, 5) is 15.3. The van der Waals surface area contributed by atoms with Crippen LogP contribution >= 0.6 is 23.1 Å². The van der Waals surface area contributed by atoms with Crippen LogP contribution in [0.15, 0.2) is 64.0 Å². The molecule has 0 amide bonds. The molecule has 33 heavy (non-hydrogen) atoms. The minimum absolute atomic E-state index is 0.389. The highest BCUT2D eigenvalue weighted by Crippen LogP contribution is 2.38. The Hall–Kier alpha value is -2.98. The molecule has 0 saturated heterocycles. The van der Waals surface area contributed by atoms with Crippen molar-refractivity contribution in [3.05, 3.63) is 76.7 Å². The Morgan fingerprint density at radius 1 is 1.12 bits per heavy atom. The first-order chi connectivity index (χ1) is 15.9. The number of hydrogen-bond acceptors (Lipinski definition) is 9. The summed E-state index contributed by atoms with van der Waals surface area (Å²) in [6.45, 7) is 5.65. The van der Waals surface area contributed by atoms with Crippen LogP contribution in [0.4, 0.5) is 10.9 Å². The molecule has 9 heteroatoms. The van der Waals surface area contributed by atoms with E-state index in [2.05, 4.69) is 52.3 Å². The maximum Gasteiger partial charge on any atom is 0.188 e. The fourth-order valence-electron chi connectivity index (χ4n) is 2.99. The maximum atomic E-state index is 9.82. The predicted octanol–water partition coefficient (Wildman–Crippen LogP) is 5.57. The number of aliphatic hydroxyl groups excluding tert-OH is 2. The Morgan fingerprint density at radius 2 is 1.97 bits per heavy atom. The van der Waals surface area contributed by atoms with Gasteiger partial charge in [0, 0.05) is 33.6 Å². The van der Waals surface area contributed by atoms with Crippen molar-refractivity contribution < 1.29 is 14.9 Å². The quantitative estimate of drug-likeness (QED) is 0.301. The monoisotopic (exact) mass is 480 g/mol. The van der Waals surface area contributed by atoms with E-state index in [0.29, 0.717) is 28.1 Å². The fourth-order valence-corrected chi connectivity index (χ4v) is 4.74. The van der Waals surface area contributed by atoms with Crippen molar-refractivity contribution in [2.24, 2.45) is 0 Å². The first-order valence-electron chi connectivity index (χ1n) is 10.3. The third-order valence-corrected chi connectivity index (χ3v) is 6.73. The van der Waals surface area contributed by atoms with Crippen molar-refractivity contribution in [2.75, 3.05) is 11.9 Å². The first kappa shape index (κ1) is 23.2. The van der Waals surface area contributed by atoms with Crippen LogP contribution in [0.5, 0.6) is 11.5 Å². The number of rotatable bonds is 8. The third kappa shape index (κ3) is 5.69. The standard InChI is InChI=1S/C24H24N4O3S2/c1-14-6-7-15(2)22(9-14)33-17-10-21(31-20-5-4-8-25-16(20)3)23(26-11-17)28-24-27-18(13-32-24)19(30)12-29/h4-11,13,19,29-30H,12H2,1-3H3,(H,26,27,28). The van der Waals surface area contributed by atoms with Gasteiger partial charge >= 0.3 is 0 Å². The lowest BCUT2D eigenvalue weighted by Gasteiger charge is -2.14. The molecule has 1 unspecified atom stereocenters. The van der Waals surface area contributed by atoms with Gasteiger partial charge in [0.05, 0.1) is 18.0 Å². The zero-order valence-electron chi connectivity index (χ0n) is 18.4. The highest BCUT2D eigenvalue weighted by atomic mass is 32.2. The molecule has 4 aromatic rings. The van der Waals surface area contributed by atoms with Crippen LogP contribution in [0, 0.1) is 20.8 Å². The van der Waals surface area contributed by atoms with Gasteiger partial charge in [-0.25, -0.2) is 9.97 Å². The number of aromatic nitrogens is 3. The lowest BCUT2D eigenvalue weighted by molar-refractivity contribution is 0.0928. The maximum absolute atomic E-state index is 9.82. The van der Waals surface area contributed by atoms with E-state index >= 15 is 0 Å². The summed E-state index contributed by atoms with van der Waals surface area (Å²) < 4.78 is 6.21. The van der Waals surface area contributed by atoms with Crippen molar-refractivity contribution in [1.29, 1.82) is 0 Å². The van der Waals surface area contributed by atoms with Crippen molar-refractivity contribution in [2.45, 2.75) is 36.7 Å². The van der Waals surface area contributed by atoms with Gasteiger partial charge in [0.15, 0.2) is 16.7 Å².